The van der Waals surface area contributed by atoms with Crippen LogP contribution >= 0.6 is 0 Å². The first-order valence-corrected chi connectivity index (χ1v) is 8.30. The molecule has 2 N–H and O–H groups in total. The van der Waals surface area contributed by atoms with E-state index in [2.05, 4.69) is 27.6 Å². The molecule has 2 heterocycles. The fourth-order valence-corrected chi connectivity index (χ4v) is 2.94. The van der Waals surface area contributed by atoms with Gasteiger partial charge in [-0.3, -0.25) is 10.1 Å². The van der Waals surface area contributed by atoms with Gasteiger partial charge in [0.2, 0.25) is 11.9 Å². The molecule has 0 saturated carbocycles. The normalized spacial score (nSPS) is 18.9. The number of carbonyl (C=O) groups excluding carboxylic acids is 2. The van der Waals surface area contributed by atoms with Crippen LogP contribution in [-0.4, -0.2) is 32.7 Å². The molecule has 0 aliphatic carbocycles. The Balaban J connectivity index is 1.73. The van der Waals surface area contributed by atoms with Crippen molar-refractivity contribution in [1.82, 2.24) is 14.8 Å². The molecule has 1 aromatic heterocycles. The van der Waals surface area contributed by atoms with Gasteiger partial charge in [-0.1, -0.05) is 30.3 Å². The van der Waals surface area contributed by atoms with Crippen molar-refractivity contribution < 1.29 is 14.7 Å². The van der Waals surface area contributed by atoms with Gasteiger partial charge in [-0.15, -0.1) is 5.10 Å². The standard InChI is InChI=1S/C17H21N5O3/c1-11-10-13(12-6-3-2-4-7-12)22-17(18-11)20-16(21-22)19-14(23)8-5-9-15(24)25/h2-4,6-7,11,13H,5,8-10H2,1H3,(H,24,25)(H2,18,19,20,21,23)/p-1/t11-,13-/m1/s1. The summed E-state index contributed by atoms with van der Waals surface area (Å²) in [6, 6.07) is 10.3. The molecule has 1 aromatic carbocycles. The molecule has 0 spiro atoms. The number of carbonyl (C=O) groups is 2. The third-order valence-electron chi connectivity index (χ3n) is 4.10. The summed E-state index contributed by atoms with van der Waals surface area (Å²) in [5.74, 6) is -0.644. The van der Waals surface area contributed by atoms with Crippen LogP contribution < -0.4 is 15.7 Å². The van der Waals surface area contributed by atoms with Gasteiger partial charge < -0.3 is 15.2 Å². The van der Waals surface area contributed by atoms with E-state index in [9.17, 15) is 14.7 Å². The maximum absolute atomic E-state index is 11.9. The highest BCUT2D eigenvalue weighted by molar-refractivity contribution is 5.89. The number of rotatable bonds is 6. The van der Waals surface area contributed by atoms with E-state index in [4.69, 9.17) is 0 Å². The minimum absolute atomic E-state index is 0.0451. The number of hydrogen-bond donors (Lipinski definition) is 2. The van der Waals surface area contributed by atoms with Crippen molar-refractivity contribution in [3.63, 3.8) is 0 Å². The molecule has 8 heteroatoms. The summed E-state index contributed by atoms with van der Waals surface area (Å²) in [7, 11) is 0. The number of nitrogens with one attached hydrogen (secondary N) is 2. The molecule has 1 aliphatic rings. The molecular formula is C17H20N5O3-. The van der Waals surface area contributed by atoms with Crippen LogP contribution in [0.15, 0.2) is 30.3 Å². The Bertz CT molecular complexity index is 759. The third-order valence-corrected chi connectivity index (χ3v) is 4.10. The number of hydrogen-bond acceptors (Lipinski definition) is 6. The molecule has 2 aromatic rings. The van der Waals surface area contributed by atoms with Crippen LogP contribution in [0.2, 0.25) is 0 Å². The Morgan fingerprint density at radius 2 is 2.08 bits per heavy atom. The summed E-state index contributed by atoms with van der Waals surface area (Å²) in [4.78, 5) is 26.6. The SMILES string of the molecule is C[C@@H]1C[C@H](c2ccccc2)n2nc(NC(=O)CCCC(=O)[O-])nc2N1. The van der Waals surface area contributed by atoms with Gasteiger partial charge in [0.25, 0.3) is 5.95 Å². The smallest absolute Gasteiger partial charge is 0.250 e. The van der Waals surface area contributed by atoms with E-state index in [0.717, 1.165) is 12.0 Å². The Hall–Kier alpha value is -2.90. The second-order valence-corrected chi connectivity index (χ2v) is 6.18. The van der Waals surface area contributed by atoms with Crippen molar-refractivity contribution in [2.75, 3.05) is 10.6 Å². The molecular weight excluding hydrogens is 322 g/mol. The van der Waals surface area contributed by atoms with Crippen molar-refractivity contribution >= 4 is 23.8 Å². The molecule has 0 unspecified atom stereocenters. The van der Waals surface area contributed by atoms with Crippen molar-refractivity contribution in [2.24, 2.45) is 0 Å². The van der Waals surface area contributed by atoms with Gasteiger partial charge in [-0.25, -0.2) is 4.68 Å². The topological polar surface area (TPSA) is 112 Å². The van der Waals surface area contributed by atoms with Crippen LogP contribution in [0, 0.1) is 0 Å². The summed E-state index contributed by atoms with van der Waals surface area (Å²) in [6.07, 6.45) is 1.03. The number of carboxylic acid groups (broad SMARTS) is 1. The second-order valence-electron chi connectivity index (χ2n) is 6.18. The Kier molecular flexibility index (Phi) is 4.97. The van der Waals surface area contributed by atoms with Gasteiger partial charge in [-0.2, -0.15) is 4.98 Å². The lowest BCUT2D eigenvalue weighted by atomic mass is 9.99. The molecule has 132 valence electrons. The van der Waals surface area contributed by atoms with Gasteiger partial charge in [0.05, 0.1) is 6.04 Å². The number of carboxylic acids is 1. The first-order chi connectivity index (χ1) is 12.0. The van der Waals surface area contributed by atoms with E-state index in [-0.39, 0.29) is 43.2 Å². The quantitative estimate of drug-likeness (QED) is 0.808. The highest BCUT2D eigenvalue weighted by atomic mass is 16.4. The van der Waals surface area contributed by atoms with Crippen LogP contribution in [-0.2, 0) is 9.59 Å². The Morgan fingerprint density at radius 1 is 1.32 bits per heavy atom. The van der Waals surface area contributed by atoms with Gasteiger partial charge in [0.1, 0.15) is 0 Å². The number of amides is 1. The Labute approximate surface area is 145 Å². The Morgan fingerprint density at radius 3 is 2.80 bits per heavy atom. The molecule has 0 fully saturated rings. The zero-order valence-electron chi connectivity index (χ0n) is 13.9. The number of aliphatic carboxylic acids is 1. The van der Waals surface area contributed by atoms with E-state index in [1.54, 1.807) is 4.68 Å². The third kappa shape index (κ3) is 4.14. The van der Waals surface area contributed by atoms with E-state index in [1.807, 2.05) is 30.3 Å². The van der Waals surface area contributed by atoms with Gasteiger partial charge in [-0.05, 0) is 31.7 Å². The average Bonchev–Trinajstić information content (AvgIpc) is 2.96. The first-order valence-electron chi connectivity index (χ1n) is 8.30. The average molecular weight is 342 g/mol. The number of nitrogens with zero attached hydrogens (tertiary/aromatic N) is 3. The molecule has 25 heavy (non-hydrogen) atoms. The predicted octanol–water partition coefficient (Wildman–Crippen LogP) is 0.930. The molecule has 1 aliphatic heterocycles. The lowest BCUT2D eigenvalue weighted by Crippen LogP contribution is -2.31. The van der Waals surface area contributed by atoms with E-state index < -0.39 is 5.97 Å². The van der Waals surface area contributed by atoms with Crippen LogP contribution in [0.25, 0.3) is 0 Å². The summed E-state index contributed by atoms with van der Waals surface area (Å²) in [5.41, 5.74) is 1.13. The molecule has 2 atom stereocenters. The van der Waals surface area contributed by atoms with Crippen molar-refractivity contribution in [1.29, 1.82) is 0 Å². The minimum Gasteiger partial charge on any atom is -0.550 e. The van der Waals surface area contributed by atoms with Crippen LogP contribution in [0.5, 0.6) is 0 Å². The first kappa shape index (κ1) is 16.9. The molecule has 3 rings (SSSR count). The lowest BCUT2D eigenvalue weighted by Gasteiger charge is -2.29. The van der Waals surface area contributed by atoms with Gasteiger partial charge in [0, 0.05) is 18.4 Å². The van der Waals surface area contributed by atoms with E-state index in [0.29, 0.717) is 5.95 Å². The summed E-state index contributed by atoms with van der Waals surface area (Å²) in [5, 5.41) is 20.7. The number of anilines is 2. The molecule has 1 amide bonds. The maximum Gasteiger partial charge on any atom is 0.250 e. The van der Waals surface area contributed by atoms with Crippen LogP contribution in [0.4, 0.5) is 11.9 Å². The predicted molar refractivity (Wildman–Crippen MR) is 89.8 cm³/mol. The minimum atomic E-state index is -1.16. The molecule has 0 saturated heterocycles. The number of aromatic nitrogens is 3. The molecule has 0 bridgehead atoms. The van der Waals surface area contributed by atoms with Crippen LogP contribution in [0.3, 0.4) is 0 Å². The van der Waals surface area contributed by atoms with Gasteiger partial charge >= 0.3 is 0 Å². The van der Waals surface area contributed by atoms with Crippen molar-refractivity contribution in [2.45, 2.75) is 44.7 Å². The molecule has 0 radical (unpaired) electrons. The van der Waals surface area contributed by atoms with Crippen molar-refractivity contribution in [3.8, 4) is 0 Å². The highest BCUT2D eigenvalue weighted by Crippen LogP contribution is 2.31. The largest absolute Gasteiger partial charge is 0.550 e. The van der Waals surface area contributed by atoms with Gasteiger partial charge in [0.15, 0.2) is 0 Å². The summed E-state index contributed by atoms with van der Waals surface area (Å²) < 4.78 is 1.78. The summed E-state index contributed by atoms with van der Waals surface area (Å²) in [6.45, 7) is 2.08. The zero-order chi connectivity index (χ0) is 17.8. The monoisotopic (exact) mass is 342 g/mol. The zero-order valence-corrected chi connectivity index (χ0v) is 13.9. The van der Waals surface area contributed by atoms with Crippen LogP contribution in [0.1, 0.15) is 44.2 Å². The maximum atomic E-state index is 11.9. The highest BCUT2D eigenvalue weighted by Gasteiger charge is 2.28. The fourth-order valence-electron chi connectivity index (χ4n) is 2.94. The van der Waals surface area contributed by atoms with Crippen molar-refractivity contribution in [3.05, 3.63) is 35.9 Å². The van der Waals surface area contributed by atoms with E-state index >= 15 is 0 Å². The lowest BCUT2D eigenvalue weighted by molar-refractivity contribution is -0.305. The number of fused-ring (bicyclic) bond motifs is 1. The molecule has 8 nitrogen and oxygen atoms in total. The number of benzene rings is 1. The van der Waals surface area contributed by atoms with E-state index in [1.165, 1.54) is 0 Å². The summed E-state index contributed by atoms with van der Waals surface area (Å²) >= 11 is 0. The fraction of sp³-hybridized carbons (Fsp3) is 0.412. The second kappa shape index (κ2) is 7.33.